The van der Waals surface area contributed by atoms with E-state index < -0.39 is 5.97 Å². The van der Waals surface area contributed by atoms with Crippen molar-refractivity contribution in [2.45, 2.75) is 6.42 Å². The summed E-state index contributed by atoms with van der Waals surface area (Å²) in [4.78, 5) is 10.9. The van der Waals surface area contributed by atoms with Gasteiger partial charge in [0.05, 0.1) is 5.56 Å². The van der Waals surface area contributed by atoms with Crippen LogP contribution >= 0.6 is 0 Å². The summed E-state index contributed by atoms with van der Waals surface area (Å²) in [7, 11) is 0. The van der Waals surface area contributed by atoms with Crippen molar-refractivity contribution < 1.29 is 9.90 Å². The third kappa shape index (κ3) is 2.45. The number of nitrogens with two attached hydrogens (primary N) is 1. The van der Waals surface area contributed by atoms with Gasteiger partial charge in [0.25, 0.3) is 0 Å². The molecule has 0 fully saturated rings. The van der Waals surface area contributed by atoms with Gasteiger partial charge in [0.15, 0.2) is 0 Å². The molecule has 2 rings (SSSR count). The number of carboxylic acids is 1. The SMILES string of the molecule is Nc1c(Cc2ccccc2)cccc1C(=O)O. The lowest BCUT2D eigenvalue weighted by molar-refractivity contribution is 0.0698. The normalized spacial score (nSPS) is 10.1. The molecule has 0 heterocycles. The molecule has 2 aromatic rings. The van der Waals surface area contributed by atoms with Crippen LogP contribution in [-0.4, -0.2) is 11.1 Å². The number of hydrogen-bond donors (Lipinski definition) is 2. The van der Waals surface area contributed by atoms with Crippen LogP contribution in [0.15, 0.2) is 48.5 Å². The van der Waals surface area contributed by atoms with Gasteiger partial charge in [-0.3, -0.25) is 0 Å². The molecular weight excluding hydrogens is 214 g/mol. The van der Waals surface area contributed by atoms with Crippen molar-refractivity contribution in [3.8, 4) is 0 Å². The van der Waals surface area contributed by atoms with Crippen molar-refractivity contribution in [1.29, 1.82) is 0 Å². The third-order valence-electron chi connectivity index (χ3n) is 2.66. The molecular formula is C14H13NO2. The summed E-state index contributed by atoms with van der Waals surface area (Å²) in [5.74, 6) is -0.989. The van der Waals surface area contributed by atoms with Gasteiger partial charge in [0.2, 0.25) is 0 Å². The first kappa shape index (κ1) is 11.2. The standard InChI is InChI=1S/C14H13NO2/c15-13-11(7-4-8-12(13)14(16)17)9-10-5-2-1-3-6-10/h1-8H,9,15H2,(H,16,17). The van der Waals surface area contributed by atoms with Gasteiger partial charge in [-0.1, -0.05) is 42.5 Å². The smallest absolute Gasteiger partial charge is 0.337 e. The average molecular weight is 227 g/mol. The van der Waals surface area contributed by atoms with E-state index in [1.807, 2.05) is 36.4 Å². The highest BCUT2D eigenvalue weighted by molar-refractivity contribution is 5.94. The fraction of sp³-hybridized carbons (Fsp3) is 0.0714. The summed E-state index contributed by atoms with van der Waals surface area (Å²) in [6.45, 7) is 0. The lowest BCUT2D eigenvalue weighted by Crippen LogP contribution is -2.05. The van der Waals surface area contributed by atoms with E-state index in [1.54, 1.807) is 6.07 Å². The Kier molecular flexibility index (Phi) is 3.10. The molecule has 0 aliphatic rings. The first-order valence-electron chi connectivity index (χ1n) is 5.33. The van der Waals surface area contributed by atoms with Crippen LogP contribution in [0, 0.1) is 0 Å². The molecule has 17 heavy (non-hydrogen) atoms. The molecule has 0 radical (unpaired) electrons. The second-order valence-corrected chi connectivity index (χ2v) is 3.85. The minimum Gasteiger partial charge on any atom is -0.478 e. The highest BCUT2D eigenvalue weighted by atomic mass is 16.4. The number of carboxylic acid groups (broad SMARTS) is 1. The van der Waals surface area contributed by atoms with Crippen molar-refractivity contribution in [2.24, 2.45) is 0 Å². The number of para-hydroxylation sites is 1. The molecule has 2 aromatic carbocycles. The quantitative estimate of drug-likeness (QED) is 0.792. The minimum absolute atomic E-state index is 0.165. The molecule has 86 valence electrons. The van der Waals surface area contributed by atoms with Crippen LogP contribution in [-0.2, 0) is 6.42 Å². The maximum Gasteiger partial charge on any atom is 0.337 e. The molecule has 0 aromatic heterocycles. The van der Waals surface area contributed by atoms with Crippen molar-refractivity contribution in [2.75, 3.05) is 5.73 Å². The predicted molar refractivity (Wildman–Crippen MR) is 67.1 cm³/mol. The molecule has 0 bridgehead atoms. The lowest BCUT2D eigenvalue weighted by atomic mass is 10.0. The Hall–Kier alpha value is -2.29. The van der Waals surface area contributed by atoms with Crippen LogP contribution in [0.5, 0.6) is 0 Å². The Balaban J connectivity index is 2.34. The van der Waals surface area contributed by atoms with E-state index in [0.29, 0.717) is 12.1 Å². The zero-order chi connectivity index (χ0) is 12.3. The van der Waals surface area contributed by atoms with E-state index in [-0.39, 0.29) is 5.56 Å². The molecule has 3 N–H and O–H groups in total. The monoisotopic (exact) mass is 227 g/mol. The fourth-order valence-corrected chi connectivity index (χ4v) is 1.77. The average Bonchev–Trinajstić information content (AvgIpc) is 2.33. The zero-order valence-corrected chi connectivity index (χ0v) is 9.26. The molecule has 0 unspecified atom stereocenters. The molecule has 3 heteroatoms. The summed E-state index contributed by atoms with van der Waals surface area (Å²) in [6, 6.07) is 14.9. The van der Waals surface area contributed by atoms with Gasteiger partial charge >= 0.3 is 5.97 Å². The van der Waals surface area contributed by atoms with Gasteiger partial charge in [0, 0.05) is 5.69 Å². The molecule has 0 aliphatic carbocycles. The van der Waals surface area contributed by atoms with Gasteiger partial charge < -0.3 is 10.8 Å². The Bertz CT molecular complexity index is 535. The molecule has 0 saturated carbocycles. The minimum atomic E-state index is -0.989. The first-order chi connectivity index (χ1) is 8.18. The first-order valence-corrected chi connectivity index (χ1v) is 5.33. The van der Waals surface area contributed by atoms with Crippen LogP contribution in [0.1, 0.15) is 21.5 Å². The number of anilines is 1. The van der Waals surface area contributed by atoms with Crippen molar-refractivity contribution >= 4 is 11.7 Å². The van der Waals surface area contributed by atoms with Crippen molar-refractivity contribution in [3.05, 3.63) is 65.2 Å². The van der Waals surface area contributed by atoms with Gasteiger partial charge in [-0.25, -0.2) is 4.79 Å². The van der Waals surface area contributed by atoms with E-state index in [4.69, 9.17) is 10.8 Å². The maximum atomic E-state index is 10.9. The van der Waals surface area contributed by atoms with Gasteiger partial charge in [0.1, 0.15) is 0 Å². The number of aromatic carboxylic acids is 1. The van der Waals surface area contributed by atoms with Gasteiger partial charge in [-0.05, 0) is 23.6 Å². The van der Waals surface area contributed by atoms with Crippen LogP contribution in [0.2, 0.25) is 0 Å². The number of carbonyl (C=O) groups is 1. The van der Waals surface area contributed by atoms with Crippen molar-refractivity contribution in [1.82, 2.24) is 0 Å². The van der Waals surface area contributed by atoms with E-state index >= 15 is 0 Å². The summed E-state index contributed by atoms with van der Waals surface area (Å²) < 4.78 is 0. The van der Waals surface area contributed by atoms with E-state index in [0.717, 1.165) is 11.1 Å². The Labute approximate surface area is 99.5 Å². The Morgan fingerprint density at radius 3 is 2.41 bits per heavy atom. The summed E-state index contributed by atoms with van der Waals surface area (Å²) >= 11 is 0. The van der Waals surface area contributed by atoms with Crippen molar-refractivity contribution in [3.63, 3.8) is 0 Å². The lowest BCUT2D eigenvalue weighted by Gasteiger charge is -2.08. The second-order valence-electron chi connectivity index (χ2n) is 3.85. The Morgan fingerprint density at radius 1 is 1.06 bits per heavy atom. The summed E-state index contributed by atoms with van der Waals surface area (Å²) in [5.41, 5.74) is 8.32. The number of benzene rings is 2. The summed E-state index contributed by atoms with van der Waals surface area (Å²) in [5, 5.41) is 8.98. The predicted octanol–water partition coefficient (Wildman–Crippen LogP) is 2.56. The van der Waals surface area contributed by atoms with Crippen LogP contribution < -0.4 is 5.73 Å². The largest absolute Gasteiger partial charge is 0.478 e. The zero-order valence-electron chi connectivity index (χ0n) is 9.26. The molecule has 0 amide bonds. The molecule has 0 atom stereocenters. The molecule has 0 spiro atoms. The van der Waals surface area contributed by atoms with E-state index in [1.165, 1.54) is 6.07 Å². The van der Waals surface area contributed by atoms with Crippen LogP contribution in [0.3, 0.4) is 0 Å². The Morgan fingerprint density at radius 2 is 1.76 bits per heavy atom. The number of nitrogen functional groups attached to an aromatic ring is 1. The highest BCUT2D eigenvalue weighted by Gasteiger charge is 2.10. The number of hydrogen-bond acceptors (Lipinski definition) is 2. The summed E-state index contributed by atoms with van der Waals surface area (Å²) in [6.07, 6.45) is 0.647. The van der Waals surface area contributed by atoms with Crippen LogP contribution in [0.25, 0.3) is 0 Å². The van der Waals surface area contributed by atoms with Crippen LogP contribution in [0.4, 0.5) is 5.69 Å². The van der Waals surface area contributed by atoms with Gasteiger partial charge in [-0.2, -0.15) is 0 Å². The second kappa shape index (κ2) is 4.70. The fourth-order valence-electron chi connectivity index (χ4n) is 1.77. The maximum absolute atomic E-state index is 10.9. The molecule has 0 saturated heterocycles. The highest BCUT2D eigenvalue weighted by Crippen LogP contribution is 2.20. The van der Waals surface area contributed by atoms with E-state index in [9.17, 15) is 4.79 Å². The number of rotatable bonds is 3. The molecule has 3 nitrogen and oxygen atoms in total. The molecule has 0 aliphatic heterocycles. The van der Waals surface area contributed by atoms with E-state index in [2.05, 4.69) is 0 Å². The third-order valence-corrected chi connectivity index (χ3v) is 2.66. The van der Waals surface area contributed by atoms with Gasteiger partial charge in [-0.15, -0.1) is 0 Å². The topological polar surface area (TPSA) is 63.3 Å².